The van der Waals surface area contributed by atoms with Gasteiger partial charge in [-0.3, -0.25) is 9.89 Å². The molecule has 1 aromatic rings. The van der Waals surface area contributed by atoms with E-state index in [0.29, 0.717) is 6.04 Å². The summed E-state index contributed by atoms with van der Waals surface area (Å²) < 4.78 is 0. The fourth-order valence-corrected chi connectivity index (χ4v) is 2.27. The largest absolute Gasteiger partial charge is 0.352 e. The minimum atomic E-state index is -0.108. The molecule has 0 aliphatic heterocycles. The van der Waals surface area contributed by atoms with Gasteiger partial charge in [0.2, 0.25) is 5.91 Å². The summed E-state index contributed by atoms with van der Waals surface area (Å²) >= 11 is 0. The van der Waals surface area contributed by atoms with Gasteiger partial charge in [-0.05, 0) is 26.3 Å². The van der Waals surface area contributed by atoms with Gasteiger partial charge in [-0.15, -0.1) is 0 Å². The van der Waals surface area contributed by atoms with Crippen LogP contribution in [0.25, 0.3) is 0 Å². The third-order valence-electron chi connectivity index (χ3n) is 3.09. The molecule has 3 N–H and O–H groups in total. The van der Waals surface area contributed by atoms with Crippen LogP contribution in [-0.2, 0) is 11.2 Å². The molecule has 2 unspecified atom stereocenters. The molecule has 0 aliphatic rings. The maximum absolute atomic E-state index is 12.3. The summed E-state index contributed by atoms with van der Waals surface area (Å²) in [4.78, 5) is 12.3. The zero-order chi connectivity index (χ0) is 15.1. The topological polar surface area (TPSA) is 69.8 Å². The van der Waals surface area contributed by atoms with Gasteiger partial charge in [0, 0.05) is 24.2 Å². The van der Waals surface area contributed by atoms with Gasteiger partial charge in [0.1, 0.15) is 0 Å². The van der Waals surface area contributed by atoms with Gasteiger partial charge in [-0.2, -0.15) is 5.10 Å². The molecule has 0 aliphatic carbocycles. The first-order valence-electron chi connectivity index (χ1n) is 7.49. The van der Waals surface area contributed by atoms with Crippen molar-refractivity contribution in [2.45, 2.75) is 72.0 Å². The molecule has 0 aromatic carbocycles. The first-order chi connectivity index (χ1) is 9.42. The molecule has 0 radical (unpaired) electrons. The lowest BCUT2D eigenvalue weighted by atomic mass is 10.1. The van der Waals surface area contributed by atoms with E-state index in [2.05, 4.69) is 41.6 Å². The van der Waals surface area contributed by atoms with E-state index in [-0.39, 0.29) is 18.0 Å². The zero-order valence-corrected chi connectivity index (χ0v) is 13.3. The SMILES string of the molecule is CCCC(NC(C)C)C(=O)NC(C)Cc1cc(C)[nH]n1. The number of aryl methyl sites for hydroxylation is 1. The first kappa shape index (κ1) is 16.7. The summed E-state index contributed by atoms with van der Waals surface area (Å²) in [7, 11) is 0. The third kappa shape index (κ3) is 5.74. The lowest BCUT2D eigenvalue weighted by Crippen LogP contribution is -2.49. The normalized spacial score (nSPS) is 14.3. The number of rotatable bonds is 8. The minimum absolute atomic E-state index is 0.0820. The number of aromatic amines is 1. The fourth-order valence-electron chi connectivity index (χ4n) is 2.27. The molecule has 0 spiro atoms. The van der Waals surface area contributed by atoms with E-state index >= 15 is 0 Å². The number of H-pyrrole nitrogens is 1. The van der Waals surface area contributed by atoms with Crippen LogP contribution in [0.5, 0.6) is 0 Å². The van der Waals surface area contributed by atoms with E-state index in [1.54, 1.807) is 0 Å². The Morgan fingerprint density at radius 2 is 2.10 bits per heavy atom. The van der Waals surface area contributed by atoms with E-state index in [0.717, 1.165) is 30.7 Å². The minimum Gasteiger partial charge on any atom is -0.352 e. The number of hydrogen-bond donors (Lipinski definition) is 3. The van der Waals surface area contributed by atoms with Gasteiger partial charge >= 0.3 is 0 Å². The summed E-state index contributed by atoms with van der Waals surface area (Å²) in [6.07, 6.45) is 2.60. The van der Waals surface area contributed by atoms with E-state index < -0.39 is 0 Å². The van der Waals surface area contributed by atoms with Gasteiger partial charge in [-0.25, -0.2) is 0 Å². The molecule has 20 heavy (non-hydrogen) atoms. The lowest BCUT2D eigenvalue weighted by Gasteiger charge is -2.22. The van der Waals surface area contributed by atoms with Gasteiger partial charge < -0.3 is 10.6 Å². The first-order valence-corrected chi connectivity index (χ1v) is 7.49. The highest BCUT2D eigenvalue weighted by molar-refractivity contribution is 5.82. The predicted octanol–water partition coefficient (Wildman–Crippen LogP) is 1.93. The average molecular weight is 280 g/mol. The van der Waals surface area contributed by atoms with Crippen molar-refractivity contribution in [3.8, 4) is 0 Å². The Morgan fingerprint density at radius 3 is 2.60 bits per heavy atom. The standard InChI is InChI=1S/C15H28N4O/c1-6-7-14(16-10(2)3)15(20)17-11(4)8-13-9-12(5)18-19-13/h9-11,14,16H,6-8H2,1-5H3,(H,17,20)(H,18,19). The van der Waals surface area contributed by atoms with E-state index in [9.17, 15) is 4.79 Å². The number of nitrogens with one attached hydrogen (secondary N) is 3. The van der Waals surface area contributed by atoms with E-state index in [1.165, 1.54) is 0 Å². The predicted molar refractivity (Wildman–Crippen MR) is 81.6 cm³/mol. The summed E-state index contributed by atoms with van der Waals surface area (Å²) in [5, 5.41) is 13.5. The molecule has 5 heteroatoms. The number of nitrogens with zero attached hydrogens (tertiary/aromatic N) is 1. The van der Waals surface area contributed by atoms with Crippen molar-refractivity contribution < 1.29 is 4.79 Å². The van der Waals surface area contributed by atoms with Crippen molar-refractivity contribution in [3.05, 3.63) is 17.5 Å². The Bertz CT molecular complexity index is 414. The summed E-state index contributed by atoms with van der Waals surface area (Å²) in [5.74, 6) is 0.0836. The van der Waals surface area contributed by atoms with Crippen molar-refractivity contribution in [2.24, 2.45) is 0 Å². The molecule has 0 saturated carbocycles. The molecule has 0 saturated heterocycles. The van der Waals surface area contributed by atoms with E-state index in [1.807, 2.05) is 19.9 Å². The molecule has 1 amide bonds. The summed E-state index contributed by atoms with van der Waals surface area (Å²) in [5.41, 5.74) is 2.03. The van der Waals surface area contributed by atoms with Crippen LogP contribution in [0.1, 0.15) is 51.9 Å². The van der Waals surface area contributed by atoms with Crippen LogP contribution in [0, 0.1) is 6.92 Å². The maximum Gasteiger partial charge on any atom is 0.237 e. The summed E-state index contributed by atoms with van der Waals surface area (Å²) in [6.45, 7) is 10.2. The Morgan fingerprint density at radius 1 is 1.40 bits per heavy atom. The molecule has 114 valence electrons. The van der Waals surface area contributed by atoms with Crippen molar-refractivity contribution in [2.75, 3.05) is 0 Å². The van der Waals surface area contributed by atoms with Gasteiger partial charge in [0.15, 0.2) is 0 Å². The second-order valence-electron chi connectivity index (χ2n) is 5.82. The molecule has 1 rings (SSSR count). The number of aromatic nitrogens is 2. The van der Waals surface area contributed by atoms with Gasteiger partial charge in [-0.1, -0.05) is 27.2 Å². The smallest absolute Gasteiger partial charge is 0.237 e. The maximum atomic E-state index is 12.3. The Balaban J connectivity index is 2.49. The van der Waals surface area contributed by atoms with Crippen molar-refractivity contribution >= 4 is 5.91 Å². The fraction of sp³-hybridized carbons (Fsp3) is 0.733. The molecule has 0 fully saturated rings. The molecule has 1 aromatic heterocycles. The highest BCUT2D eigenvalue weighted by Crippen LogP contribution is 2.04. The number of amides is 1. The Labute approximate surface area is 121 Å². The molecule has 1 heterocycles. The lowest BCUT2D eigenvalue weighted by molar-refractivity contribution is -0.124. The van der Waals surface area contributed by atoms with Crippen LogP contribution in [0.4, 0.5) is 0 Å². The van der Waals surface area contributed by atoms with Crippen molar-refractivity contribution in [1.29, 1.82) is 0 Å². The van der Waals surface area contributed by atoms with Crippen LogP contribution in [-0.4, -0.2) is 34.2 Å². The monoisotopic (exact) mass is 280 g/mol. The Hall–Kier alpha value is -1.36. The molecule has 2 atom stereocenters. The zero-order valence-electron chi connectivity index (χ0n) is 13.3. The molecule has 5 nitrogen and oxygen atoms in total. The molecule has 0 bridgehead atoms. The second kappa shape index (κ2) is 8.04. The molecular weight excluding hydrogens is 252 g/mol. The van der Waals surface area contributed by atoms with Crippen LogP contribution in [0.3, 0.4) is 0 Å². The van der Waals surface area contributed by atoms with Crippen LogP contribution < -0.4 is 10.6 Å². The van der Waals surface area contributed by atoms with Crippen molar-refractivity contribution in [3.63, 3.8) is 0 Å². The summed E-state index contributed by atoms with van der Waals surface area (Å²) in [6, 6.07) is 2.29. The quantitative estimate of drug-likeness (QED) is 0.681. The van der Waals surface area contributed by atoms with Gasteiger partial charge in [0.05, 0.1) is 11.7 Å². The van der Waals surface area contributed by atoms with Gasteiger partial charge in [0.25, 0.3) is 0 Å². The van der Waals surface area contributed by atoms with Crippen molar-refractivity contribution in [1.82, 2.24) is 20.8 Å². The number of carbonyl (C=O) groups excluding carboxylic acids is 1. The van der Waals surface area contributed by atoms with Crippen LogP contribution >= 0.6 is 0 Å². The van der Waals surface area contributed by atoms with Crippen LogP contribution in [0.2, 0.25) is 0 Å². The number of hydrogen-bond acceptors (Lipinski definition) is 3. The molecular formula is C15H28N4O. The average Bonchev–Trinajstić information content (AvgIpc) is 2.73. The number of carbonyl (C=O) groups is 1. The highest BCUT2D eigenvalue weighted by atomic mass is 16.2. The Kier molecular flexibility index (Phi) is 6.71. The van der Waals surface area contributed by atoms with E-state index in [4.69, 9.17) is 0 Å². The third-order valence-corrected chi connectivity index (χ3v) is 3.09. The second-order valence-corrected chi connectivity index (χ2v) is 5.82. The highest BCUT2D eigenvalue weighted by Gasteiger charge is 2.20. The van der Waals surface area contributed by atoms with Crippen LogP contribution in [0.15, 0.2) is 6.07 Å².